The lowest BCUT2D eigenvalue weighted by Gasteiger charge is -2.34. The van der Waals surface area contributed by atoms with Gasteiger partial charge in [0.25, 0.3) is 0 Å². The summed E-state index contributed by atoms with van der Waals surface area (Å²) >= 11 is 0. The van der Waals surface area contributed by atoms with Crippen molar-refractivity contribution in [3.05, 3.63) is 0 Å². The van der Waals surface area contributed by atoms with Gasteiger partial charge in [-0.05, 0) is 60.3 Å². The molecular formula is C21H45IN4O2. The third kappa shape index (κ3) is 11.2. The summed E-state index contributed by atoms with van der Waals surface area (Å²) in [4.78, 5) is 9.81. The molecule has 0 aliphatic carbocycles. The first-order valence-electron chi connectivity index (χ1n) is 10.9. The van der Waals surface area contributed by atoms with Crippen molar-refractivity contribution in [2.45, 2.75) is 78.5 Å². The zero-order valence-electron chi connectivity index (χ0n) is 19.1. The van der Waals surface area contributed by atoms with Crippen molar-refractivity contribution >= 4 is 29.9 Å². The highest BCUT2D eigenvalue weighted by Crippen LogP contribution is 2.14. The largest absolute Gasteiger partial charge is 0.385 e. The van der Waals surface area contributed by atoms with Crippen LogP contribution in [0.2, 0.25) is 0 Å². The van der Waals surface area contributed by atoms with E-state index in [1.807, 2.05) is 0 Å². The highest BCUT2D eigenvalue weighted by Gasteiger charge is 2.21. The van der Waals surface area contributed by atoms with Crippen LogP contribution in [0.25, 0.3) is 0 Å². The molecule has 28 heavy (non-hydrogen) atoms. The quantitative estimate of drug-likeness (QED) is 0.188. The molecule has 0 aromatic carbocycles. The topological polar surface area (TPSA) is 49.3 Å². The molecule has 0 radical (unpaired) electrons. The number of halogens is 1. The number of piperidine rings is 1. The molecule has 0 amide bonds. The summed E-state index contributed by atoms with van der Waals surface area (Å²) in [6.45, 7) is 17.7. The van der Waals surface area contributed by atoms with Gasteiger partial charge < -0.3 is 19.7 Å². The molecule has 1 N–H and O–H groups in total. The second kappa shape index (κ2) is 16.7. The van der Waals surface area contributed by atoms with Gasteiger partial charge in [-0.3, -0.25) is 9.89 Å². The number of aliphatic imine (C=N–C) groups is 1. The van der Waals surface area contributed by atoms with Crippen molar-refractivity contribution in [2.24, 2.45) is 4.99 Å². The van der Waals surface area contributed by atoms with Gasteiger partial charge in [-0.2, -0.15) is 0 Å². The van der Waals surface area contributed by atoms with Gasteiger partial charge in [-0.15, -0.1) is 24.0 Å². The molecule has 1 rings (SSSR count). The second-order valence-corrected chi connectivity index (χ2v) is 7.92. The van der Waals surface area contributed by atoms with Crippen LogP contribution in [0.1, 0.15) is 60.3 Å². The predicted molar refractivity (Wildman–Crippen MR) is 130 cm³/mol. The summed E-state index contributed by atoms with van der Waals surface area (Å²) in [5.41, 5.74) is 0. The van der Waals surface area contributed by atoms with E-state index in [0.717, 1.165) is 77.6 Å². The van der Waals surface area contributed by atoms with E-state index in [9.17, 15) is 0 Å². The van der Waals surface area contributed by atoms with E-state index in [2.05, 4.69) is 49.7 Å². The Kier molecular flexibility index (Phi) is 16.6. The number of hydrogen-bond acceptors (Lipinski definition) is 4. The molecule has 0 spiro atoms. The Hall–Kier alpha value is -0.120. The average molecular weight is 513 g/mol. The van der Waals surface area contributed by atoms with Gasteiger partial charge in [0.2, 0.25) is 0 Å². The van der Waals surface area contributed by atoms with E-state index in [0.29, 0.717) is 18.2 Å². The molecule has 1 saturated heterocycles. The van der Waals surface area contributed by atoms with Crippen molar-refractivity contribution in [1.82, 2.24) is 15.1 Å². The van der Waals surface area contributed by atoms with Gasteiger partial charge in [-0.25, -0.2) is 0 Å². The Morgan fingerprint density at radius 2 is 1.75 bits per heavy atom. The Morgan fingerprint density at radius 1 is 1.11 bits per heavy atom. The first-order chi connectivity index (χ1) is 13.0. The van der Waals surface area contributed by atoms with Crippen LogP contribution in [0.5, 0.6) is 0 Å². The van der Waals surface area contributed by atoms with E-state index < -0.39 is 0 Å². The van der Waals surface area contributed by atoms with Crippen molar-refractivity contribution in [2.75, 3.05) is 53.0 Å². The highest BCUT2D eigenvalue weighted by atomic mass is 127. The van der Waals surface area contributed by atoms with Gasteiger partial charge in [0, 0.05) is 65.1 Å². The number of nitrogens with one attached hydrogen (secondary N) is 1. The average Bonchev–Trinajstić information content (AvgIpc) is 2.64. The summed E-state index contributed by atoms with van der Waals surface area (Å²) in [5.74, 6) is 1.07. The van der Waals surface area contributed by atoms with Crippen LogP contribution in [0.15, 0.2) is 4.99 Å². The van der Waals surface area contributed by atoms with Crippen LogP contribution in [0.4, 0.5) is 0 Å². The fraction of sp³-hybridized carbons (Fsp3) is 0.952. The fourth-order valence-electron chi connectivity index (χ4n) is 3.66. The molecule has 1 aliphatic rings. The van der Waals surface area contributed by atoms with Crippen molar-refractivity contribution in [3.63, 3.8) is 0 Å². The van der Waals surface area contributed by atoms with E-state index in [4.69, 9.17) is 14.5 Å². The van der Waals surface area contributed by atoms with Crippen LogP contribution in [-0.4, -0.2) is 87.0 Å². The van der Waals surface area contributed by atoms with E-state index >= 15 is 0 Å². The first-order valence-corrected chi connectivity index (χ1v) is 10.9. The molecule has 1 aliphatic heterocycles. The normalized spacial score (nSPS) is 16.2. The highest BCUT2D eigenvalue weighted by molar-refractivity contribution is 14.0. The summed E-state index contributed by atoms with van der Waals surface area (Å²) in [5, 5.41) is 3.47. The smallest absolute Gasteiger partial charge is 0.193 e. The molecule has 0 unspecified atom stereocenters. The molecule has 1 heterocycles. The number of hydrogen-bond donors (Lipinski definition) is 1. The summed E-state index contributed by atoms with van der Waals surface area (Å²) in [6.07, 6.45) is 4.61. The van der Waals surface area contributed by atoms with Crippen LogP contribution < -0.4 is 5.32 Å². The van der Waals surface area contributed by atoms with Crippen LogP contribution in [-0.2, 0) is 9.47 Å². The maximum Gasteiger partial charge on any atom is 0.193 e. The van der Waals surface area contributed by atoms with Crippen molar-refractivity contribution in [3.8, 4) is 0 Å². The SMILES string of the molecule is CCNC(=NCCCN(C(C)C)C(C)C)N1CCC(OCCCOC)CC1.I. The van der Waals surface area contributed by atoms with Crippen LogP contribution >= 0.6 is 24.0 Å². The molecule has 6 nitrogen and oxygen atoms in total. The third-order valence-electron chi connectivity index (χ3n) is 5.09. The number of likely N-dealkylation sites (tertiary alicyclic amines) is 1. The van der Waals surface area contributed by atoms with E-state index in [1.54, 1.807) is 7.11 Å². The zero-order chi connectivity index (χ0) is 20.1. The lowest BCUT2D eigenvalue weighted by atomic mass is 10.1. The van der Waals surface area contributed by atoms with Crippen molar-refractivity contribution in [1.29, 1.82) is 0 Å². The molecule has 0 atom stereocenters. The molecule has 0 aromatic heterocycles. The number of nitrogens with zero attached hydrogens (tertiary/aromatic N) is 3. The minimum absolute atomic E-state index is 0. The Balaban J connectivity index is 0.00000729. The lowest BCUT2D eigenvalue weighted by molar-refractivity contribution is 0.00990. The number of ether oxygens (including phenoxy) is 2. The third-order valence-corrected chi connectivity index (χ3v) is 5.09. The number of methoxy groups -OCH3 is 1. The molecule has 1 fully saturated rings. The summed E-state index contributed by atoms with van der Waals surface area (Å²) in [7, 11) is 1.74. The van der Waals surface area contributed by atoms with Gasteiger partial charge in [0.1, 0.15) is 0 Å². The monoisotopic (exact) mass is 512 g/mol. The van der Waals surface area contributed by atoms with Gasteiger partial charge in [-0.1, -0.05) is 0 Å². The number of guanidine groups is 1. The minimum Gasteiger partial charge on any atom is -0.385 e. The maximum absolute atomic E-state index is 5.97. The van der Waals surface area contributed by atoms with E-state index in [1.165, 1.54) is 0 Å². The molecule has 7 heteroatoms. The fourth-order valence-corrected chi connectivity index (χ4v) is 3.66. The van der Waals surface area contributed by atoms with E-state index in [-0.39, 0.29) is 24.0 Å². The molecule has 0 aromatic rings. The maximum atomic E-state index is 5.97. The first kappa shape index (κ1) is 27.9. The standard InChI is InChI=1S/C21H44N4O2.HI/c1-7-22-21(23-12-8-13-25(18(2)3)19(4)5)24-14-10-20(11-15-24)27-17-9-16-26-6;/h18-20H,7-17H2,1-6H3,(H,22,23);1H. The number of rotatable bonds is 12. The summed E-state index contributed by atoms with van der Waals surface area (Å²) in [6, 6.07) is 1.18. The molecule has 0 bridgehead atoms. The van der Waals surface area contributed by atoms with Crippen LogP contribution in [0.3, 0.4) is 0 Å². The molecule has 168 valence electrons. The molecular weight excluding hydrogens is 467 g/mol. The Morgan fingerprint density at radius 3 is 2.29 bits per heavy atom. The Bertz CT molecular complexity index is 392. The second-order valence-electron chi connectivity index (χ2n) is 7.92. The van der Waals surface area contributed by atoms with Gasteiger partial charge in [0.15, 0.2) is 5.96 Å². The predicted octanol–water partition coefficient (Wildman–Crippen LogP) is 3.60. The summed E-state index contributed by atoms with van der Waals surface area (Å²) < 4.78 is 11.0. The van der Waals surface area contributed by atoms with Gasteiger partial charge in [0.05, 0.1) is 6.10 Å². The van der Waals surface area contributed by atoms with Gasteiger partial charge >= 0.3 is 0 Å². The van der Waals surface area contributed by atoms with Crippen molar-refractivity contribution < 1.29 is 9.47 Å². The lowest BCUT2D eigenvalue weighted by Crippen LogP contribution is -2.47. The minimum atomic E-state index is 0. The molecule has 0 saturated carbocycles. The van der Waals surface area contributed by atoms with Crippen LogP contribution in [0, 0.1) is 0 Å². The zero-order valence-corrected chi connectivity index (χ0v) is 21.4. The Labute approximate surface area is 190 Å².